The van der Waals surface area contributed by atoms with Crippen molar-refractivity contribution in [2.45, 2.75) is 57.2 Å². The largest absolute Gasteiger partial charge is 0.376 e. The smallest absolute Gasteiger partial charge is 0.0757 e. The van der Waals surface area contributed by atoms with E-state index in [9.17, 15) is 0 Å². The zero-order valence-electron chi connectivity index (χ0n) is 11.8. The molecule has 2 fully saturated rings. The van der Waals surface area contributed by atoms with Crippen molar-refractivity contribution in [3.8, 4) is 0 Å². The van der Waals surface area contributed by atoms with Gasteiger partial charge < -0.3 is 10.1 Å². The van der Waals surface area contributed by atoms with Gasteiger partial charge in [0.25, 0.3) is 0 Å². The Hall–Kier alpha value is -0.860. The highest BCUT2D eigenvalue weighted by Gasteiger charge is 2.41. The molecule has 1 aliphatic carbocycles. The molecular weight excluding hydrogens is 234 g/mol. The lowest BCUT2D eigenvalue weighted by atomic mass is 9.98. The second kappa shape index (κ2) is 6.06. The van der Waals surface area contributed by atoms with Gasteiger partial charge in [0.05, 0.1) is 6.10 Å². The lowest BCUT2D eigenvalue weighted by Crippen LogP contribution is -2.40. The van der Waals surface area contributed by atoms with Crippen LogP contribution in [0.2, 0.25) is 0 Å². The van der Waals surface area contributed by atoms with Crippen LogP contribution in [-0.2, 0) is 4.74 Å². The van der Waals surface area contributed by atoms with E-state index in [0.717, 1.165) is 12.5 Å². The number of hydrogen-bond acceptors (Lipinski definition) is 2. The van der Waals surface area contributed by atoms with Gasteiger partial charge in [-0.1, -0.05) is 43.7 Å². The predicted octanol–water partition coefficient (Wildman–Crippen LogP) is 3.68. The second-order valence-electron chi connectivity index (χ2n) is 5.99. The molecule has 0 amide bonds. The Morgan fingerprint density at radius 1 is 1.21 bits per heavy atom. The fourth-order valence-electron chi connectivity index (χ4n) is 3.26. The maximum atomic E-state index is 5.94. The molecule has 3 unspecified atom stereocenters. The van der Waals surface area contributed by atoms with E-state index in [1.54, 1.807) is 0 Å². The first-order valence-electron chi connectivity index (χ1n) is 7.81. The summed E-state index contributed by atoms with van der Waals surface area (Å²) in [4.78, 5) is 0. The molecule has 19 heavy (non-hydrogen) atoms. The van der Waals surface area contributed by atoms with Crippen molar-refractivity contribution in [2.24, 2.45) is 5.92 Å². The van der Waals surface area contributed by atoms with Gasteiger partial charge in [-0.3, -0.25) is 0 Å². The molecule has 1 N–H and O–H groups in total. The van der Waals surface area contributed by atoms with Gasteiger partial charge in [0.15, 0.2) is 0 Å². The molecule has 1 saturated heterocycles. The van der Waals surface area contributed by atoms with Crippen molar-refractivity contribution < 1.29 is 4.74 Å². The summed E-state index contributed by atoms with van der Waals surface area (Å²) >= 11 is 0. The molecule has 104 valence electrons. The Balaban J connectivity index is 1.67. The molecule has 1 aliphatic heterocycles. The van der Waals surface area contributed by atoms with Crippen LogP contribution in [0.1, 0.15) is 50.6 Å². The van der Waals surface area contributed by atoms with Gasteiger partial charge in [-0.25, -0.2) is 0 Å². The lowest BCUT2D eigenvalue weighted by molar-refractivity contribution is 0.0785. The minimum absolute atomic E-state index is 0.475. The molecule has 3 atom stereocenters. The molecule has 1 aromatic carbocycles. The molecule has 1 aromatic rings. The van der Waals surface area contributed by atoms with Gasteiger partial charge >= 0.3 is 0 Å². The van der Waals surface area contributed by atoms with Crippen molar-refractivity contribution in [1.82, 2.24) is 5.32 Å². The molecule has 0 spiro atoms. The number of rotatable bonds is 6. The quantitative estimate of drug-likeness (QED) is 0.841. The van der Waals surface area contributed by atoms with Crippen molar-refractivity contribution in [2.75, 3.05) is 6.61 Å². The first kappa shape index (κ1) is 13.1. The molecule has 1 heterocycles. The average molecular weight is 259 g/mol. The van der Waals surface area contributed by atoms with Crippen LogP contribution < -0.4 is 5.32 Å². The number of nitrogens with one attached hydrogen (secondary N) is 1. The highest BCUT2D eigenvalue weighted by Crippen LogP contribution is 2.39. The topological polar surface area (TPSA) is 21.3 Å². The molecule has 0 bridgehead atoms. The number of benzene rings is 1. The molecule has 0 aromatic heterocycles. The molecule has 2 heteroatoms. The number of ether oxygens (including phenoxy) is 1. The van der Waals surface area contributed by atoms with E-state index in [2.05, 4.69) is 42.6 Å². The predicted molar refractivity (Wildman–Crippen MR) is 78.1 cm³/mol. The Kier molecular flexibility index (Phi) is 4.19. The Bertz CT molecular complexity index is 388. The third-order valence-corrected chi connectivity index (χ3v) is 4.42. The minimum Gasteiger partial charge on any atom is -0.376 e. The van der Waals surface area contributed by atoms with Gasteiger partial charge in [0.2, 0.25) is 0 Å². The molecule has 2 nitrogen and oxygen atoms in total. The van der Waals surface area contributed by atoms with E-state index in [1.165, 1.54) is 37.7 Å². The standard InChI is InChI=1S/C17H25NO/c1-2-6-15(13-7-4-3-5-8-13)18-16-11-12-19-17(16)14-9-10-14/h3-5,7-8,14-18H,2,6,9-12H2,1H3. The van der Waals surface area contributed by atoms with E-state index in [4.69, 9.17) is 4.74 Å². The molecular formula is C17H25NO. The van der Waals surface area contributed by atoms with Crippen LogP contribution in [-0.4, -0.2) is 18.8 Å². The van der Waals surface area contributed by atoms with E-state index in [-0.39, 0.29) is 0 Å². The third kappa shape index (κ3) is 3.18. The van der Waals surface area contributed by atoms with Gasteiger partial charge in [0.1, 0.15) is 0 Å². The molecule has 0 radical (unpaired) electrons. The summed E-state index contributed by atoms with van der Waals surface area (Å²) in [5.74, 6) is 0.832. The fourth-order valence-corrected chi connectivity index (χ4v) is 3.26. The van der Waals surface area contributed by atoms with Crippen LogP contribution >= 0.6 is 0 Å². The van der Waals surface area contributed by atoms with Crippen LogP contribution in [0.4, 0.5) is 0 Å². The van der Waals surface area contributed by atoms with Crippen LogP contribution in [0.25, 0.3) is 0 Å². The van der Waals surface area contributed by atoms with Gasteiger partial charge in [-0.2, -0.15) is 0 Å². The van der Waals surface area contributed by atoms with E-state index < -0.39 is 0 Å². The van der Waals surface area contributed by atoms with Gasteiger partial charge in [-0.05, 0) is 37.2 Å². The fraction of sp³-hybridized carbons (Fsp3) is 0.647. The average Bonchev–Trinajstić information content (AvgIpc) is 3.19. The van der Waals surface area contributed by atoms with Crippen LogP contribution in [0.5, 0.6) is 0 Å². The van der Waals surface area contributed by atoms with Crippen LogP contribution in [0.3, 0.4) is 0 Å². The van der Waals surface area contributed by atoms with Crippen LogP contribution in [0, 0.1) is 5.92 Å². The number of hydrogen-bond donors (Lipinski definition) is 1. The highest BCUT2D eigenvalue weighted by atomic mass is 16.5. The molecule has 2 aliphatic rings. The lowest BCUT2D eigenvalue weighted by Gasteiger charge is -2.26. The first-order chi connectivity index (χ1) is 9.38. The second-order valence-corrected chi connectivity index (χ2v) is 5.99. The molecule has 1 saturated carbocycles. The van der Waals surface area contributed by atoms with Crippen molar-refractivity contribution in [3.05, 3.63) is 35.9 Å². The van der Waals surface area contributed by atoms with E-state index in [1.807, 2.05) is 0 Å². The zero-order valence-corrected chi connectivity index (χ0v) is 11.8. The summed E-state index contributed by atoms with van der Waals surface area (Å²) in [5.41, 5.74) is 1.42. The van der Waals surface area contributed by atoms with Crippen molar-refractivity contribution in [1.29, 1.82) is 0 Å². The Labute approximate surface area is 116 Å². The highest BCUT2D eigenvalue weighted by molar-refractivity contribution is 5.19. The van der Waals surface area contributed by atoms with E-state index >= 15 is 0 Å². The van der Waals surface area contributed by atoms with Crippen molar-refractivity contribution in [3.63, 3.8) is 0 Å². The Morgan fingerprint density at radius 3 is 2.68 bits per heavy atom. The van der Waals surface area contributed by atoms with Gasteiger partial charge in [0, 0.05) is 18.7 Å². The summed E-state index contributed by atoms with van der Waals surface area (Å²) < 4.78 is 5.94. The third-order valence-electron chi connectivity index (χ3n) is 4.42. The summed E-state index contributed by atoms with van der Waals surface area (Å²) in [6.45, 7) is 3.20. The van der Waals surface area contributed by atoms with Crippen LogP contribution in [0.15, 0.2) is 30.3 Å². The summed E-state index contributed by atoms with van der Waals surface area (Å²) in [5, 5.41) is 3.88. The maximum Gasteiger partial charge on any atom is 0.0757 e. The maximum absolute atomic E-state index is 5.94. The first-order valence-corrected chi connectivity index (χ1v) is 7.81. The summed E-state index contributed by atoms with van der Waals surface area (Å²) in [7, 11) is 0. The normalized spacial score (nSPS) is 28.5. The summed E-state index contributed by atoms with van der Waals surface area (Å²) in [6, 6.07) is 11.9. The summed E-state index contributed by atoms with van der Waals surface area (Å²) in [6.07, 6.45) is 6.81. The van der Waals surface area contributed by atoms with E-state index in [0.29, 0.717) is 18.2 Å². The zero-order chi connectivity index (χ0) is 13.1. The van der Waals surface area contributed by atoms with Gasteiger partial charge in [-0.15, -0.1) is 0 Å². The Morgan fingerprint density at radius 2 is 2.00 bits per heavy atom. The van der Waals surface area contributed by atoms with Crippen molar-refractivity contribution >= 4 is 0 Å². The SMILES string of the molecule is CCCC(NC1CCOC1C1CC1)c1ccccc1. The monoisotopic (exact) mass is 259 g/mol. The molecule has 3 rings (SSSR count). The minimum atomic E-state index is 0.475.